The SMILES string of the molecule is C=C(C)[C@H]1CC[C@]2(C#Cc3sccc3C(=O)O)CC[C@]3(C)C(CCC4[C@@]5(C)CC[C@H](OC(=O)CC(C)(C)C(=O)O)C(C)(C)C5CC[C@]43C)C12. The van der Waals surface area contributed by atoms with Crippen LogP contribution in [0, 0.1) is 73.9 Å². The molecule has 4 unspecified atom stereocenters. The van der Waals surface area contributed by atoms with Gasteiger partial charge in [-0.05, 0) is 142 Å². The molecule has 0 saturated heterocycles. The molecule has 0 aromatic carbocycles. The molecule has 0 amide bonds. The van der Waals surface area contributed by atoms with E-state index in [-0.39, 0.29) is 39.6 Å². The van der Waals surface area contributed by atoms with Gasteiger partial charge in [-0.2, -0.15) is 0 Å². The Labute approximate surface area is 297 Å². The van der Waals surface area contributed by atoms with Crippen LogP contribution in [-0.4, -0.2) is 34.2 Å². The molecule has 6 rings (SSSR count). The molecular weight excluding hydrogens is 633 g/mol. The van der Waals surface area contributed by atoms with Crippen molar-refractivity contribution in [2.45, 2.75) is 132 Å². The first-order valence-electron chi connectivity index (χ1n) is 18.7. The maximum Gasteiger partial charge on any atom is 0.337 e. The maximum atomic E-state index is 13.1. The monoisotopic (exact) mass is 690 g/mol. The maximum absolute atomic E-state index is 13.1. The van der Waals surface area contributed by atoms with Crippen molar-refractivity contribution in [1.29, 1.82) is 0 Å². The summed E-state index contributed by atoms with van der Waals surface area (Å²) < 4.78 is 6.16. The number of thiophene rings is 1. The summed E-state index contributed by atoms with van der Waals surface area (Å²) in [4.78, 5) is 37.3. The first kappa shape index (κ1) is 36.2. The molecule has 5 fully saturated rings. The van der Waals surface area contributed by atoms with E-state index >= 15 is 0 Å². The zero-order valence-electron chi connectivity index (χ0n) is 31.0. The predicted molar refractivity (Wildman–Crippen MR) is 193 cm³/mol. The predicted octanol–water partition coefficient (Wildman–Crippen LogP) is 9.87. The Morgan fingerprint density at radius 3 is 2.31 bits per heavy atom. The van der Waals surface area contributed by atoms with Crippen molar-refractivity contribution in [3.05, 3.63) is 34.0 Å². The van der Waals surface area contributed by atoms with Crippen molar-refractivity contribution in [3.63, 3.8) is 0 Å². The number of hydrogen-bond donors (Lipinski definition) is 2. The molecular formula is C42H58O6S. The number of allylic oxidation sites excluding steroid dienone is 1. The lowest BCUT2D eigenvalue weighted by Gasteiger charge is -2.72. The minimum atomic E-state index is -1.15. The summed E-state index contributed by atoms with van der Waals surface area (Å²) in [5.74, 6) is 7.30. The molecule has 49 heavy (non-hydrogen) atoms. The Morgan fingerprint density at radius 1 is 0.939 bits per heavy atom. The van der Waals surface area contributed by atoms with Gasteiger partial charge in [-0.25, -0.2) is 4.79 Å². The van der Waals surface area contributed by atoms with Crippen molar-refractivity contribution in [3.8, 4) is 11.8 Å². The van der Waals surface area contributed by atoms with E-state index in [1.54, 1.807) is 19.9 Å². The highest BCUT2D eigenvalue weighted by Gasteiger charge is 2.71. The van der Waals surface area contributed by atoms with Crippen LogP contribution < -0.4 is 0 Å². The molecule has 5 saturated carbocycles. The molecule has 10 atom stereocenters. The molecule has 0 aliphatic heterocycles. The van der Waals surface area contributed by atoms with Gasteiger partial charge in [-0.15, -0.1) is 11.3 Å². The van der Waals surface area contributed by atoms with E-state index in [0.717, 1.165) is 51.4 Å². The average molecular weight is 691 g/mol. The molecule has 1 heterocycles. The second kappa shape index (κ2) is 12.0. The Hall–Kier alpha value is -2.59. The quantitative estimate of drug-likeness (QED) is 0.175. The summed E-state index contributed by atoms with van der Waals surface area (Å²) in [6, 6.07) is 1.67. The van der Waals surface area contributed by atoms with E-state index in [4.69, 9.17) is 4.74 Å². The molecule has 7 heteroatoms. The third kappa shape index (κ3) is 5.44. The van der Waals surface area contributed by atoms with Gasteiger partial charge in [0.05, 0.1) is 22.3 Å². The van der Waals surface area contributed by atoms with E-state index in [2.05, 4.69) is 60.0 Å². The van der Waals surface area contributed by atoms with Gasteiger partial charge in [0.2, 0.25) is 0 Å². The number of rotatable bonds is 6. The summed E-state index contributed by atoms with van der Waals surface area (Å²) in [6.45, 7) is 22.2. The van der Waals surface area contributed by atoms with Crippen LogP contribution in [0.4, 0.5) is 0 Å². The van der Waals surface area contributed by atoms with Gasteiger partial charge < -0.3 is 14.9 Å². The van der Waals surface area contributed by atoms with Crippen molar-refractivity contribution in [1.82, 2.24) is 0 Å². The fourth-order valence-electron chi connectivity index (χ4n) is 12.9. The smallest absolute Gasteiger partial charge is 0.337 e. The number of ether oxygens (including phenoxy) is 1. The number of aromatic carboxylic acids is 1. The molecule has 1 aromatic rings. The van der Waals surface area contributed by atoms with Crippen molar-refractivity contribution in [2.75, 3.05) is 0 Å². The van der Waals surface area contributed by atoms with Crippen LogP contribution in [0.15, 0.2) is 23.6 Å². The van der Waals surface area contributed by atoms with Crippen LogP contribution in [0.5, 0.6) is 0 Å². The Morgan fingerprint density at radius 2 is 1.65 bits per heavy atom. The molecule has 6 nitrogen and oxygen atoms in total. The molecule has 5 aliphatic carbocycles. The molecule has 0 spiro atoms. The zero-order valence-corrected chi connectivity index (χ0v) is 31.9. The summed E-state index contributed by atoms with van der Waals surface area (Å²) in [5.41, 5.74) is 0.553. The van der Waals surface area contributed by atoms with E-state index < -0.39 is 23.3 Å². The van der Waals surface area contributed by atoms with Gasteiger partial charge in [-0.3, -0.25) is 9.59 Å². The lowest BCUT2D eigenvalue weighted by atomic mass is 9.32. The Balaban J connectivity index is 1.29. The van der Waals surface area contributed by atoms with Crippen molar-refractivity contribution in [2.24, 2.45) is 62.1 Å². The lowest BCUT2D eigenvalue weighted by molar-refractivity contribution is -0.247. The summed E-state index contributed by atoms with van der Waals surface area (Å²) >= 11 is 1.43. The highest BCUT2D eigenvalue weighted by atomic mass is 32.1. The van der Waals surface area contributed by atoms with Crippen molar-refractivity contribution >= 4 is 29.2 Å². The van der Waals surface area contributed by atoms with Crippen LogP contribution in [0.1, 0.15) is 141 Å². The van der Waals surface area contributed by atoms with Crippen LogP contribution in [-0.2, 0) is 14.3 Å². The highest BCUT2D eigenvalue weighted by molar-refractivity contribution is 7.10. The lowest BCUT2D eigenvalue weighted by Crippen LogP contribution is -2.66. The minimum absolute atomic E-state index is 0.114. The van der Waals surface area contributed by atoms with E-state index in [0.29, 0.717) is 40.0 Å². The third-order valence-electron chi connectivity index (χ3n) is 15.8. The number of carbonyl (C=O) groups excluding carboxylic acids is 1. The van der Waals surface area contributed by atoms with Gasteiger partial charge in [0.25, 0.3) is 0 Å². The summed E-state index contributed by atoms with van der Waals surface area (Å²) in [7, 11) is 0. The van der Waals surface area contributed by atoms with Crippen LogP contribution in [0.3, 0.4) is 0 Å². The van der Waals surface area contributed by atoms with Crippen LogP contribution in [0.25, 0.3) is 0 Å². The summed E-state index contributed by atoms with van der Waals surface area (Å²) in [6.07, 6.45) is 10.5. The van der Waals surface area contributed by atoms with Gasteiger partial charge in [0.15, 0.2) is 0 Å². The molecule has 5 aliphatic rings. The van der Waals surface area contributed by atoms with E-state index in [1.165, 1.54) is 29.8 Å². The number of esters is 1. The van der Waals surface area contributed by atoms with Gasteiger partial charge in [0, 0.05) is 10.8 Å². The standard InChI is InChI=1S/C42H58O6S/c1-25(2)26-12-19-42(20-13-29-27(35(44)45)16-23-49-29)22-21-40(8)28(34(26)42)10-11-31-39(7)17-15-32(48-33(43)24-37(3,4)36(46)47)38(5,6)30(39)14-18-41(31,40)9/h16,23,26,28,30-32,34H,1,10-12,14-15,17-19,21-22,24H2,2-9H3,(H,44,45)(H,46,47)/t26-,28?,30?,31?,32+,34?,39+,40-,41-,42+/m1/s1. The number of carboxylic acids is 2. The second-order valence-electron chi connectivity index (χ2n) is 18.8. The van der Waals surface area contributed by atoms with Gasteiger partial charge in [-0.1, -0.05) is 58.6 Å². The third-order valence-corrected chi connectivity index (χ3v) is 16.6. The van der Waals surface area contributed by atoms with Crippen molar-refractivity contribution < 1.29 is 29.3 Å². The fraction of sp³-hybridized carbons (Fsp3) is 0.738. The first-order chi connectivity index (χ1) is 22.7. The number of fused-ring (bicyclic) bond motifs is 7. The first-order valence-corrected chi connectivity index (χ1v) is 19.5. The van der Waals surface area contributed by atoms with Gasteiger partial charge >= 0.3 is 17.9 Å². The molecule has 268 valence electrons. The minimum Gasteiger partial charge on any atom is -0.481 e. The number of carbonyl (C=O) groups is 3. The summed E-state index contributed by atoms with van der Waals surface area (Å²) in [5, 5.41) is 21.2. The largest absolute Gasteiger partial charge is 0.481 e. The molecule has 1 aromatic heterocycles. The average Bonchev–Trinajstić information content (AvgIpc) is 3.63. The number of hydrogen-bond acceptors (Lipinski definition) is 5. The van der Waals surface area contributed by atoms with Gasteiger partial charge in [0.1, 0.15) is 6.10 Å². The number of carboxylic acid groups (broad SMARTS) is 2. The molecule has 0 radical (unpaired) electrons. The van der Waals surface area contributed by atoms with E-state index in [9.17, 15) is 24.6 Å². The Kier molecular flexibility index (Phi) is 8.86. The Bertz CT molecular complexity index is 1610. The van der Waals surface area contributed by atoms with Crippen LogP contribution >= 0.6 is 11.3 Å². The number of aliphatic carboxylic acids is 1. The molecule has 2 N–H and O–H groups in total. The topological polar surface area (TPSA) is 101 Å². The molecule has 0 bridgehead atoms. The van der Waals surface area contributed by atoms with Crippen LogP contribution in [0.2, 0.25) is 0 Å². The normalized spacial score (nSPS) is 40.7. The highest BCUT2D eigenvalue weighted by Crippen LogP contribution is 2.77. The second-order valence-corrected chi connectivity index (χ2v) is 19.7. The fourth-order valence-corrected chi connectivity index (χ4v) is 13.7. The van der Waals surface area contributed by atoms with E-state index in [1.807, 2.05) is 5.38 Å². The zero-order chi connectivity index (χ0) is 35.9.